The summed E-state index contributed by atoms with van der Waals surface area (Å²) in [6, 6.07) is 1.43. The van der Waals surface area contributed by atoms with E-state index < -0.39 is 5.97 Å². The zero-order chi connectivity index (χ0) is 16.3. The summed E-state index contributed by atoms with van der Waals surface area (Å²) in [5, 5.41) is 0. The molecule has 0 radical (unpaired) electrons. The first-order valence-electron chi connectivity index (χ1n) is 7.51. The summed E-state index contributed by atoms with van der Waals surface area (Å²) in [6.45, 7) is 6.79. The topological polar surface area (TPSA) is 79.5 Å². The number of H-pyrrole nitrogens is 1. The number of aromatic amines is 1. The van der Waals surface area contributed by atoms with E-state index >= 15 is 0 Å². The number of nitrogens with zero attached hydrogens (tertiary/aromatic N) is 1. The van der Waals surface area contributed by atoms with Crippen LogP contribution in [0.4, 0.5) is 0 Å². The highest BCUT2D eigenvalue weighted by Gasteiger charge is 2.26. The van der Waals surface area contributed by atoms with Gasteiger partial charge in [0.1, 0.15) is 5.69 Å². The van der Waals surface area contributed by atoms with Gasteiger partial charge in [-0.1, -0.05) is 13.8 Å². The molecular weight excluding hydrogens is 284 g/mol. The van der Waals surface area contributed by atoms with E-state index in [4.69, 9.17) is 4.74 Å². The Morgan fingerprint density at radius 3 is 2.45 bits per heavy atom. The van der Waals surface area contributed by atoms with Gasteiger partial charge in [-0.15, -0.1) is 0 Å². The number of hydrogen-bond donors (Lipinski definition) is 1. The molecule has 6 nitrogen and oxygen atoms in total. The lowest BCUT2D eigenvalue weighted by atomic mass is 9.92. The van der Waals surface area contributed by atoms with Crippen molar-refractivity contribution in [2.24, 2.45) is 11.8 Å². The van der Waals surface area contributed by atoms with Gasteiger partial charge in [0.2, 0.25) is 0 Å². The van der Waals surface area contributed by atoms with E-state index in [1.165, 1.54) is 19.2 Å². The minimum absolute atomic E-state index is 0.136. The number of hydrogen-bond acceptors (Lipinski definition) is 4. The van der Waals surface area contributed by atoms with Crippen molar-refractivity contribution in [3.05, 3.63) is 23.5 Å². The average molecular weight is 306 g/mol. The van der Waals surface area contributed by atoms with Gasteiger partial charge in [0, 0.05) is 24.8 Å². The Balaban J connectivity index is 1.87. The molecule has 1 aliphatic heterocycles. The maximum Gasteiger partial charge on any atom is 0.355 e. The number of ether oxygens (including phenoxy) is 1. The summed E-state index contributed by atoms with van der Waals surface area (Å²) in [7, 11) is 0. The van der Waals surface area contributed by atoms with E-state index in [1.54, 1.807) is 4.90 Å². The number of carbonyl (C=O) groups is 3. The van der Waals surface area contributed by atoms with Crippen molar-refractivity contribution in [1.29, 1.82) is 0 Å². The minimum atomic E-state index is -0.626. The normalized spacial score (nSPS) is 21.5. The van der Waals surface area contributed by atoms with Crippen LogP contribution in [0.2, 0.25) is 0 Å². The van der Waals surface area contributed by atoms with Gasteiger partial charge in [0.25, 0.3) is 5.91 Å². The number of rotatable bonds is 4. The van der Waals surface area contributed by atoms with Crippen LogP contribution in [0.3, 0.4) is 0 Å². The van der Waals surface area contributed by atoms with Crippen LogP contribution in [0.15, 0.2) is 12.3 Å². The molecule has 1 aromatic rings. The van der Waals surface area contributed by atoms with Crippen molar-refractivity contribution < 1.29 is 19.1 Å². The van der Waals surface area contributed by atoms with Gasteiger partial charge in [-0.05, 0) is 31.2 Å². The summed E-state index contributed by atoms with van der Waals surface area (Å²) in [5.74, 6) is -0.0124. The maximum absolute atomic E-state index is 12.1. The van der Waals surface area contributed by atoms with Crippen molar-refractivity contribution >= 4 is 17.7 Å². The van der Waals surface area contributed by atoms with Crippen LogP contribution in [0, 0.1) is 11.8 Å². The molecule has 22 heavy (non-hydrogen) atoms. The third-order valence-electron chi connectivity index (χ3n) is 3.86. The van der Waals surface area contributed by atoms with Crippen molar-refractivity contribution in [3.8, 4) is 0 Å². The molecule has 0 aromatic carbocycles. The first kappa shape index (κ1) is 16.3. The molecule has 6 heteroatoms. The van der Waals surface area contributed by atoms with Crippen LogP contribution in [0.25, 0.3) is 0 Å². The number of piperidine rings is 1. The van der Waals surface area contributed by atoms with Crippen LogP contribution >= 0.6 is 0 Å². The van der Waals surface area contributed by atoms with E-state index in [0.29, 0.717) is 30.5 Å². The van der Waals surface area contributed by atoms with Gasteiger partial charge < -0.3 is 14.6 Å². The Morgan fingerprint density at radius 1 is 1.27 bits per heavy atom. The molecule has 1 amide bonds. The summed E-state index contributed by atoms with van der Waals surface area (Å²) in [4.78, 5) is 39.6. The highest BCUT2D eigenvalue weighted by atomic mass is 16.5. The van der Waals surface area contributed by atoms with Crippen LogP contribution in [-0.4, -0.2) is 47.2 Å². The Morgan fingerprint density at radius 2 is 1.91 bits per heavy atom. The molecule has 2 heterocycles. The monoisotopic (exact) mass is 306 g/mol. The smallest absolute Gasteiger partial charge is 0.355 e. The number of Topliss-reactive ketones (excluding diaryl/α,β-unsaturated/α-hetero) is 1. The van der Waals surface area contributed by atoms with Crippen LogP contribution < -0.4 is 0 Å². The highest BCUT2D eigenvalue weighted by molar-refractivity contribution is 5.97. The maximum atomic E-state index is 12.1. The van der Waals surface area contributed by atoms with Crippen LogP contribution in [0.5, 0.6) is 0 Å². The van der Waals surface area contributed by atoms with Gasteiger partial charge in [-0.25, -0.2) is 4.79 Å². The molecule has 0 aliphatic carbocycles. The number of ketones is 1. The predicted molar refractivity (Wildman–Crippen MR) is 80.6 cm³/mol. The lowest BCUT2D eigenvalue weighted by Gasteiger charge is -2.34. The largest absolute Gasteiger partial charge is 0.451 e. The zero-order valence-electron chi connectivity index (χ0n) is 13.2. The standard InChI is InChI=1S/C16H22N2O4/c1-10-4-11(2)8-18(7-10)15(20)9-22-16(21)14-5-13(6-17-14)12(3)19/h5-6,10-11,17H,4,7-9H2,1-3H3/t10-,11-/m1/s1. The summed E-state index contributed by atoms with van der Waals surface area (Å²) in [6.07, 6.45) is 2.56. The molecule has 120 valence electrons. The molecule has 1 N–H and O–H groups in total. The van der Waals surface area contributed by atoms with E-state index in [2.05, 4.69) is 18.8 Å². The second kappa shape index (κ2) is 6.77. The SMILES string of the molecule is CC(=O)c1c[nH]c(C(=O)OCC(=O)N2C[C@H](C)C[C@@H](C)C2)c1. The molecule has 0 saturated carbocycles. The summed E-state index contributed by atoms with van der Waals surface area (Å²) < 4.78 is 5.03. The predicted octanol–water partition coefficient (Wildman–Crippen LogP) is 1.88. The summed E-state index contributed by atoms with van der Waals surface area (Å²) in [5.41, 5.74) is 0.593. The van der Waals surface area contributed by atoms with E-state index in [1.807, 2.05) is 0 Å². The average Bonchev–Trinajstić information content (AvgIpc) is 2.93. The summed E-state index contributed by atoms with van der Waals surface area (Å²) >= 11 is 0. The molecule has 0 unspecified atom stereocenters. The molecule has 0 bridgehead atoms. The van der Waals surface area contributed by atoms with E-state index in [0.717, 1.165) is 6.42 Å². The number of aromatic nitrogens is 1. The third kappa shape index (κ3) is 3.96. The van der Waals surface area contributed by atoms with E-state index in [-0.39, 0.29) is 24.0 Å². The van der Waals surface area contributed by atoms with Gasteiger partial charge in [-0.3, -0.25) is 9.59 Å². The van der Waals surface area contributed by atoms with Gasteiger partial charge in [0.15, 0.2) is 12.4 Å². The fourth-order valence-corrected chi connectivity index (χ4v) is 2.88. The van der Waals surface area contributed by atoms with Crippen molar-refractivity contribution in [2.75, 3.05) is 19.7 Å². The fraction of sp³-hybridized carbons (Fsp3) is 0.562. The molecule has 2 rings (SSSR count). The number of esters is 1. The molecule has 2 atom stereocenters. The van der Waals surface area contributed by atoms with E-state index in [9.17, 15) is 14.4 Å². The molecule has 1 aromatic heterocycles. The lowest BCUT2D eigenvalue weighted by Crippen LogP contribution is -2.44. The number of likely N-dealkylation sites (tertiary alicyclic amines) is 1. The first-order chi connectivity index (χ1) is 10.4. The van der Waals surface area contributed by atoms with Crippen LogP contribution in [0.1, 0.15) is 48.0 Å². The highest BCUT2D eigenvalue weighted by Crippen LogP contribution is 2.20. The lowest BCUT2D eigenvalue weighted by molar-refractivity contribution is -0.137. The number of amides is 1. The molecular formula is C16H22N2O4. The second-order valence-electron chi connectivity index (χ2n) is 6.18. The third-order valence-corrected chi connectivity index (χ3v) is 3.86. The zero-order valence-corrected chi connectivity index (χ0v) is 13.2. The minimum Gasteiger partial charge on any atom is -0.451 e. The van der Waals surface area contributed by atoms with Gasteiger partial charge in [-0.2, -0.15) is 0 Å². The van der Waals surface area contributed by atoms with Gasteiger partial charge in [0.05, 0.1) is 0 Å². The Labute approximate surface area is 129 Å². The Bertz CT molecular complexity index is 568. The van der Waals surface area contributed by atoms with Gasteiger partial charge >= 0.3 is 5.97 Å². The molecule has 1 saturated heterocycles. The number of nitrogens with one attached hydrogen (secondary N) is 1. The molecule has 1 aliphatic rings. The fourth-order valence-electron chi connectivity index (χ4n) is 2.88. The van der Waals surface area contributed by atoms with Crippen molar-refractivity contribution in [3.63, 3.8) is 0 Å². The second-order valence-corrected chi connectivity index (χ2v) is 6.18. The van der Waals surface area contributed by atoms with Crippen molar-refractivity contribution in [2.45, 2.75) is 27.2 Å². The molecule has 1 fully saturated rings. The Hall–Kier alpha value is -2.11. The quantitative estimate of drug-likeness (QED) is 0.680. The Kier molecular flexibility index (Phi) is 5.00. The first-order valence-corrected chi connectivity index (χ1v) is 7.51. The van der Waals surface area contributed by atoms with Crippen LogP contribution in [-0.2, 0) is 9.53 Å². The van der Waals surface area contributed by atoms with Crippen molar-refractivity contribution in [1.82, 2.24) is 9.88 Å². The number of carbonyl (C=O) groups excluding carboxylic acids is 3. The molecule has 0 spiro atoms.